The first-order valence-corrected chi connectivity index (χ1v) is 10.4. The van der Waals surface area contributed by atoms with Crippen molar-refractivity contribution in [3.8, 4) is 5.69 Å². The Labute approximate surface area is 175 Å². The Morgan fingerprint density at radius 1 is 0.833 bits per heavy atom. The topological polar surface area (TPSA) is 69.3 Å². The molecule has 30 heavy (non-hydrogen) atoms. The summed E-state index contributed by atoms with van der Waals surface area (Å²) in [5.74, 6) is 0.654. The van der Waals surface area contributed by atoms with Crippen molar-refractivity contribution in [2.45, 2.75) is 5.16 Å². The Kier molecular flexibility index (Phi) is 4.65. The number of hydrogen-bond acceptors (Lipinski definition) is 5. The average Bonchev–Trinajstić information content (AvgIpc) is 3.23. The molecule has 0 saturated heterocycles. The second-order valence-electron chi connectivity index (χ2n) is 6.69. The summed E-state index contributed by atoms with van der Waals surface area (Å²) in [4.78, 5) is 25.8. The lowest BCUT2D eigenvalue weighted by atomic mass is 10.2. The number of carbonyl (C=O) groups is 1. The maximum absolute atomic E-state index is 13.2. The molecule has 0 bridgehead atoms. The molecule has 0 atom stereocenters. The Morgan fingerprint density at radius 3 is 2.27 bits per heavy atom. The average molecular weight is 412 g/mol. The molecule has 0 aliphatic heterocycles. The van der Waals surface area contributed by atoms with Gasteiger partial charge >= 0.3 is 0 Å². The molecule has 0 aliphatic rings. The van der Waals surface area contributed by atoms with Gasteiger partial charge in [0.15, 0.2) is 10.9 Å². The summed E-state index contributed by atoms with van der Waals surface area (Å²) in [6, 6.07) is 25.9. The van der Waals surface area contributed by atoms with Crippen LogP contribution in [0.2, 0.25) is 0 Å². The number of hydrogen-bond donors (Lipinski definition) is 0. The van der Waals surface area contributed by atoms with E-state index in [2.05, 4.69) is 10.2 Å². The van der Waals surface area contributed by atoms with Gasteiger partial charge in [0, 0.05) is 5.56 Å². The number of para-hydroxylation sites is 2. The first kappa shape index (κ1) is 18.3. The Morgan fingerprint density at radius 2 is 1.50 bits per heavy atom. The van der Waals surface area contributed by atoms with Crippen LogP contribution in [-0.4, -0.2) is 30.7 Å². The number of carbonyl (C=O) groups excluding carboxylic acids is 1. The van der Waals surface area contributed by atoms with Crippen LogP contribution in [-0.2, 0) is 0 Å². The number of aromatic nitrogens is 4. The second-order valence-corrected chi connectivity index (χ2v) is 7.63. The molecule has 0 unspecified atom stereocenters. The summed E-state index contributed by atoms with van der Waals surface area (Å²) in [7, 11) is 0. The van der Waals surface area contributed by atoms with Crippen molar-refractivity contribution >= 4 is 34.2 Å². The maximum atomic E-state index is 13.2. The van der Waals surface area contributed by atoms with Crippen molar-refractivity contribution in [2.75, 3.05) is 5.75 Å². The minimum atomic E-state index is -0.159. The molecule has 5 aromatic rings. The zero-order valence-electron chi connectivity index (χ0n) is 15.8. The van der Waals surface area contributed by atoms with E-state index < -0.39 is 0 Å². The largest absolute Gasteiger partial charge is 0.293 e. The van der Waals surface area contributed by atoms with Gasteiger partial charge in [-0.05, 0) is 24.3 Å². The van der Waals surface area contributed by atoms with Gasteiger partial charge in [0.1, 0.15) is 0 Å². The molecule has 2 heterocycles. The number of thioether (sulfide) groups is 1. The van der Waals surface area contributed by atoms with Gasteiger partial charge in [-0.2, -0.15) is 0 Å². The van der Waals surface area contributed by atoms with E-state index in [4.69, 9.17) is 0 Å². The molecule has 0 N–H and O–H groups in total. The lowest BCUT2D eigenvalue weighted by Gasteiger charge is -2.11. The molecule has 0 aliphatic carbocycles. The number of benzene rings is 3. The molecule has 3 aromatic carbocycles. The van der Waals surface area contributed by atoms with Crippen molar-refractivity contribution in [1.82, 2.24) is 19.2 Å². The van der Waals surface area contributed by atoms with Crippen molar-refractivity contribution in [1.29, 1.82) is 0 Å². The predicted molar refractivity (Wildman–Crippen MR) is 118 cm³/mol. The van der Waals surface area contributed by atoms with Crippen LogP contribution in [0.25, 0.3) is 22.4 Å². The number of rotatable bonds is 5. The molecule has 0 saturated carbocycles. The Bertz CT molecular complexity index is 1430. The molecular formula is C23H16N4O2S. The van der Waals surface area contributed by atoms with E-state index in [-0.39, 0.29) is 17.1 Å². The quantitative estimate of drug-likeness (QED) is 0.322. The highest BCUT2D eigenvalue weighted by atomic mass is 32.2. The van der Waals surface area contributed by atoms with Crippen LogP contribution in [0.15, 0.2) is 94.9 Å². The molecule has 5 rings (SSSR count). The van der Waals surface area contributed by atoms with E-state index in [9.17, 15) is 9.59 Å². The zero-order valence-corrected chi connectivity index (χ0v) is 16.6. The normalized spacial score (nSPS) is 11.2. The summed E-state index contributed by atoms with van der Waals surface area (Å²) in [5.41, 5.74) is 1.92. The van der Waals surface area contributed by atoms with Gasteiger partial charge in [0.2, 0.25) is 5.78 Å². The van der Waals surface area contributed by atoms with Gasteiger partial charge in [-0.1, -0.05) is 72.4 Å². The van der Waals surface area contributed by atoms with Crippen LogP contribution in [0, 0.1) is 0 Å². The Hall–Kier alpha value is -3.71. The molecule has 0 amide bonds. The minimum absolute atomic E-state index is 0.0121. The van der Waals surface area contributed by atoms with Crippen LogP contribution < -0.4 is 5.56 Å². The van der Waals surface area contributed by atoms with Gasteiger partial charge in [-0.3, -0.25) is 14.0 Å². The van der Waals surface area contributed by atoms with Crippen LogP contribution >= 0.6 is 11.8 Å². The third-order valence-electron chi connectivity index (χ3n) is 4.84. The van der Waals surface area contributed by atoms with Crippen LogP contribution in [0.3, 0.4) is 0 Å². The monoisotopic (exact) mass is 412 g/mol. The fourth-order valence-electron chi connectivity index (χ4n) is 3.42. The fraction of sp³-hybridized carbons (Fsp3) is 0.0435. The molecule has 6 nitrogen and oxygen atoms in total. The Balaban J connectivity index is 1.65. The molecule has 146 valence electrons. The van der Waals surface area contributed by atoms with Crippen molar-refractivity contribution in [3.63, 3.8) is 0 Å². The number of Topliss-reactive ketones (excluding diaryl/α,β-unsaturated/α-hetero) is 1. The maximum Gasteiger partial charge on any atom is 0.267 e. The number of nitrogens with zero attached hydrogens (tertiary/aromatic N) is 4. The van der Waals surface area contributed by atoms with E-state index in [0.29, 0.717) is 33.1 Å². The van der Waals surface area contributed by atoms with E-state index in [0.717, 1.165) is 0 Å². The molecule has 0 spiro atoms. The molecule has 7 heteroatoms. The summed E-state index contributed by atoms with van der Waals surface area (Å²) < 4.78 is 3.39. The first-order chi connectivity index (χ1) is 14.7. The van der Waals surface area contributed by atoms with E-state index >= 15 is 0 Å². The van der Waals surface area contributed by atoms with Gasteiger partial charge in [-0.25, -0.2) is 4.57 Å². The highest BCUT2D eigenvalue weighted by Gasteiger charge is 2.18. The third-order valence-corrected chi connectivity index (χ3v) is 5.77. The van der Waals surface area contributed by atoms with E-state index in [1.165, 1.54) is 11.8 Å². The lowest BCUT2D eigenvalue weighted by molar-refractivity contribution is 0.102. The van der Waals surface area contributed by atoms with Gasteiger partial charge in [0.05, 0.1) is 22.3 Å². The predicted octanol–water partition coefficient (Wildman–Crippen LogP) is 4.01. The smallest absolute Gasteiger partial charge is 0.267 e. The molecule has 0 fully saturated rings. The van der Waals surface area contributed by atoms with E-state index in [1.54, 1.807) is 22.8 Å². The van der Waals surface area contributed by atoms with Crippen molar-refractivity contribution in [2.24, 2.45) is 0 Å². The van der Waals surface area contributed by atoms with E-state index in [1.807, 2.05) is 71.1 Å². The van der Waals surface area contributed by atoms with Crippen molar-refractivity contribution in [3.05, 3.63) is 101 Å². The highest BCUT2D eigenvalue weighted by molar-refractivity contribution is 7.99. The minimum Gasteiger partial charge on any atom is -0.293 e. The number of ketones is 1. The summed E-state index contributed by atoms with van der Waals surface area (Å²) in [6.45, 7) is 0. The summed E-state index contributed by atoms with van der Waals surface area (Å²) in [6.07, 6.45) is 0. The lowest BCUT2D eigenvalue weighted by Crippen LogP contribution is -2.21. The standard InChI is InChI=1S/C23H16N4O2S/c28-20(16-9-3-1-4-10-16)15-30-23-25-24-22-26(17-11-5-2-6-12-17)21(29)18-13-7-8-14-19(18)27(22)23/h1-14H,15H2. The first-order valence-electron chi connectivity index (χ1n) is 9.39. The van der Waals surface area contributed by atoms with Crippen LogP contribution in [0.4, 0.5) is 0 Å². The molecule has 0 radical (unpaired) electrons. The van der Waals surface area contributed by atoms with Crippen molar-refractivity contribution < 1.29 is 4.79 Å². The van der Waals surface area contributed by atoms with Gasteiger partial charge in [0.25, 0.3) is 5.56 Å². The summed E-state index contributed by atoms with van der Waals surface area (Å²) >= 11 is 1.31. The van der Waals surface area contributed by atoms with Crippen LogP contribution in [0.5, 0.6) is 0 Å². The van der Waals surface area contributed by atoms with Gasteiger partial charge < -0.3 is 0 Å². The third kappa shape index (κ3) is 3.09. The number of fused-ring (bicyclic) bond motifs is 3. The SMILES string of the molecule is O=C(CSc1nnc2n(-c3ccccc3)c(=O)c3ccccc3n12)c1ccccc1. The second kappa shape index (κ2) is 7.61. The zero-order chi connectivity index (χ0) is 20.5. The molecular weight excluding hydrogens is 396 g/mol. The highest BCUT2D eigenvalue weighted by Crippen LogP contribution is 2.23. The van der Waals surface area contributed by atoms with Gasteiger partial charge in [-0.15, -0.1) is 10.2 Å². The fourth-order valence-corrected chi connectivity index (χ4v) is 4.25. The van der Waals surface area contributed by atoms with Crippen LogP contribution in [0.1, 0.15) is 10.4 Å². The molecule has 2 aromatic heterocycles. The summed E-state index contributed by atoms with van der Waals surface area (Å²) in [5, 5.41) is 9.73.